The lowest BCUT2D eigenvalue weighted by molar-refractivity contribution is 0.159. The Morgan fingerprint density at radius 3 is 2.00 bits per heavy atom. The number of aryl methyl sites for hydroxylation is 1. The topological polar surface area (TPSA) is 40.5 Å². The van der Waals surface area contributed by atoms with E-state index in [1.54, 1.807) is 6.07 Å². The summed E-state index contributed by atoms with van der Waals surface area (Å²) in [5, 5.41) is 18.7. The third-order valence-electron chi connectivity index (χ3n) is 4.57. The summed E-state index contributed by atoms with van der Waals surface area (Å²) in [5.74, 6) is 2.01. The zero-order valence-corrected chi connectivity index (χ0v) is 14.4. The molecule has 0 heterocycles. The van der Waals surface area contributed by atoms with E-state index in [0.29, 0.717) is 5.75 Å². The molecule has 4 rings (SSSR count). The fraction of sp³-hybridized carbons (Fsp3) is 0.429. The number of aliphatic hydroxyl groups excluding tert-OH is 1. The average Bonchev–Trinajstić information content (AvgIpc) is 3.29. The van der Waals surface area contributed by atoms with E-state index in [4.69, 9.17) is 5.11 Å². The first-order chi connectivity index (χ1) is 11.1. The maximum Gasteiger partial charge on any atom is 0.123 e. The molecule has 2 nitrogen and oxygen atoms in total. The van der Waals surface area contributed by atoms with Gasteiger partial charge in [-0.3, -0.25) is 0 Å². The van der Waals surface area contributed by atoms with Gasteiger partial charge < -0.3 is 10.2 Å². The number of hydrogen-bond acceptors (Lipinski definition) is 2. The maximum absolute atomic E-state index is 9.63. The van der Waals surface area contributed by atoms with E-state index in [2.05, 4.69) is 6.92 Å². The highest BCUT2D eigenvalue weighted by atomic mass is 16.3. The van der Waals surface area contributed by atoms with Gasteiger partial charge in [0.2, 0.25) is 0 Å². The minimum absolute atomic E-state index is 0.0880. The van der Waals surface area contributed by atoms with Crippen LogP contribution in [-0.2, 0) is 0 Å². The molecule has 3 atom stereocenters. The second-order valence-corrected chi connectivity index (χ2v) is 6.19. The Morgan fingerprint density at radius 2 is 1.57 bits per heavy atom. The van der Waals surface area contributed by atoms with Crippen molar-refractivity contribution in [3.63, 3.8) is 0 Å². The maximum atomic E-state index is 9.63. The Balaban J connectivity index is 0.000000177. The Morgan fingerprint density at radius 1 is 0.913 bits per heavy atom. The van der Waals surface area contributed by atoms with Crippen LogP contribution in [0.3, 0.4) is 0 Å². The quantitative estimate of drug-likeness (QED) is 0.762. The molecule has 0 saturated heterocycles. The Hall–Kier alpha value is -1.80. The van der Waals surface area contributed by atoms with Crippen LogP contribution in [-0.4, -0.2) is 16.3 Å². The molecule has 2 aromatic rings. The summed E-state index contributed by atoms with van der Waals surface area (Å²) in [6.45, 7) is 6.05. The first kappa shape index (κ1) is 17.6. The molecule has 2 aliphatic carbocycles. The largest absolute Gasteiger partial charge is 0.507 e. The predicted molar refractivity (Wildman–Crippen MR) is 96.5 cm³/mol. The van der Waals surface area contributed by atoms with E-state index in [9.17, 15) is 5.11 Å². The van der Waals surface area contributed by atoms with Crippen LogP contribution in [0.4, 0.5) is 0 Å². The van der Waals surface area contributed by atoms with E-state index < -0.39 is 0 Å². The first-order valence-corrected chi connectivity index (χ1v) is 8.68. The van der Waals surface area contributed by atoms with Crippen molar-refractivity contribution < 1.29 is 10.2 Å². The van der Waals surface area contributed by atoms with Crippen LogP contribution in [0.1, 0.15) is 38.7 Å². The molecule has 2 aromatic carbocycles. The lowest BCUT2D eigenvalue weighted by atomic mass is 10.0. The third kappa shape index (κ3) is 4.59. The molecule has 0 radical (unpaired) electrons. The highest BCUT2D eigenvalue weighted by Crippen LogP contribution is 2.51. The molecule has 2 N–H and O–H groups in total. The summed E-state index contributed by atoms with van der Waals surface area (Å²) in [4.78, 5) is 0. The van der Waals surface area contributed by atoms with Gasteiger partial charge in [0.25, 0.3) is 0 Å². The Bertz CT molecular complexity index is 603. The molecule has 2 aliphatic rings. The molecule has 23 heavy (non-hydrogen) atoms. The molecule has 2 heteroatoms. The molecule has 0 spiro atoms. The lowest BCUT2D eigenvalue weighted by Crippen LogP contribution is -2.02. The van der Waals surface area contributed by atoms with Crippen molar-refractivity contribution in [3.05, 3.63) is 54.1 Å². The third-order valence-corrected chi connectivity index (χ3v) is 4.57. The summed E-state index contributed by atoms with van der Waals surface area (Å²) in [6.07, 6.45) is 3.78. The molecule has 0 bridgehead atoms. The van der Waals surface area contributed by atoms with Crippen LogP contribution in [0.25, 0.3) is 11.1 Å². The van der Waals surface area contributed by atoms with Gasteiger partial charge in [-0.15, -0.1) is 0 Å². The number of hydrogen-bond donors (Lipinski definition) is 2. The van der Waals surface area contributed by atoms with Crippen molar-refractivity contribution in [2.45, 2.75) is 46.1 Å². The van der Waals surface area contributed by atoms with Crippen LogP contribution in [0, 0.1) is 18.8 Å². The summed E-state index contributed by atoms with van der Waals surface area (Å²) >= 11 is 0. The van der Waals surface area contributed by atoms with Crippen molar-refractivity contribution in [1.29, 1.82) is 0 Å². The summed E-state index contributed by atoms with van der Waals surface area (Å²) < 4.78 is 0. The van der Waals surface area contributed by atoms with Crippen LogP contribution in [0.5, 0.6) is 5.75 Å². The number of fused-ring (bicyclic) bond motifs is 1. The average molecular weight is 312 g/mol. The van der Waals surface area contributed by atoms with Gasteiger partial charge in [-0.25, -0.2) is 0 Å². The molecule has 124 valence electrons. The second-order valence-electron chi connectivity index (χ2n) is 6.19. The summed E-state index contributed by atoms with van der Waals surface area (Å²) in [5.41, 5.74) is 3.16. The monoisotopic (exact) mass is 312 g/mol. The van der Waals surface area contributed by atoms with Crippen LogP contribution < -0.4 is 0 Å². The van der Waals surface area contributed by atoms with Crippen LogP contribution >= 0.6 is 0 Å². The molecule has 0 amide bonds. The van der Waals surface area contributed by atoms with E-state index in [1.807, 2.05) is 56.3 Å². The zero-order valence-electron chi connectivity index (χ0n) is 14.4. The van der Waals surface area contributed by atoms with Gasteiger partial charge in [-0.05, 0) is 49.7 Å². The number of aromatic hydroxyl groups is 1. The summed E-state index contributed by atoms with van der Waals surface area (Å²) in [7, 11) is 0. The summed E-state index contributed by atoms with van der Waals surface area (Å²) in [6, 6.07) is 15.5. The highest BCUT2D eigenvalue weighted by Gasteiger charge is 2.47. The van der Waals surface area contributed by atoms with E-state index in [1.165, 1.54) is 18.4 Å². The van der Waals surface area contributed by atoms with Gasteiger partial charge in [0.1, 0.15) is 5.75 Å². The van der Waals surface area contributed by atoms with Crippen LogP contribution in [0.15, 0.2) is 48.5 Å². The minimum Gasteiger partial charge on any atom is -0.507 e. The molecule has 0 aromatic heterocycles. The zero-order chi connectivity index (χ0) is 16.8. The van der Waals surface area contributed by atoms with Gasteiger partial charge in [-0.2, -0.15) is 0 Å². The van der Waals surface area contributed by atoms with Crippen LogP contribution in [0.2, 0.25) is 0 Å². The highest BCUT2D eigenvalue weighted by molar-refractivity contribution is 5.69. The van der Waals surface area contributed by atoms with Crippen molar-refractivity contribution >= 4 is 0 Å². The predicted octanol–water partition coefficient (Wildman–Crippen LogP) is 5.17. The fourth-order valence-corrected chi connectivity index (χ4v) is 3.12. The van der Waals surface area contributed by atoms with Gasteiger partial charge in [0.15, 0.2) is 0 Å². The number of para-hydroxylation sites is 1. The molecule has 2 saturated carbocycles. The minimum atomic E-state index is 0.0880. The second kappa shape index (κ2) is 8.16. The SMILES string of the molecule is CC.Cc1ccc(-c2ccccc2O)cc1.OC1CCC2CC12. The Kier molecular flexibility index (Phi) is 6.23. The fourth-order valence-electron chi connectivity index (χ4n) is 3.12. The smallest absolute Gasteiger partial charge is 0.123 e. The number of benzene rings is 2. The first-order valence-electron chi connectivity index (χ1n) is 8.68. The Labute approximate surface area is 139 Å². The molecule has 2 fully saturated rings. The van der Waals surface area contributed by atoms with Gasteiger partial charge >= 0.3 is 0 Å². The standard InChI is InChI=1S/C13H12O.C6H10O.C2H6/c1-10-6-8-11(9-7-10)12-4-2-3-5-13(12)14;7-6-2-1-4-3-5(4)6;1-2/h2-9,14H,1H3;4-7H,1-3H2;1-2H3. The van der Waals surface area contributed by atoms with Gasteiger partial charge in [-0.1, -0.05) is 61.9 Å². The van der Waals surface area contributed by atoms with E-state index >= 15 is 0 Å². The van der Waals surface area contributed by atoms with E-state index in [0.717, 1.165) is 29.4 Å². The molecular weight excluding hydrogens is 284 g/mol. The number of phenols is 1. The number of aliphatic hydroxyl groups is 1. The number of rotatable bonds is 1. The van der Waals surface area contributed by atoms with Crippen molar-refractivity contribution in [3.8, 4) is 16.9 Å². The van der Waals surface area contributed by atoms with Gasteiger partial charge in [0.05, 0.1) is 6.10 Å². The molecule has 0 aliphatic heterocycles. The lowest BCUT2D eigenvalue weighted by Gasteiger charge is -2.04. The molecular formula is C21H28O2. The molecule has 3 unspecified atom stereocenters. The van der Waals surface area contributed by atoms with E-state index in [-0.39, 0.29) is 6.10 Å². The van der Waals surface area contributed by atoms with Gasteiger partial charge in [0, 0.05) is 5.56 Å². The van der Waals surface area contributed by atoms with Crippen molar-refractivity contribution in [2.75, 3.05) is 0 Å². The normalized spacial score (nSPS) is 23.7. The number of phenolic OH excluding ortho intramolecular Hbond substituents is 1. The van der Waals surface area contributed by atoms with Crippen molar-refractivity contribution in [1.82, 2.24) is 0 Å². The van der Waals surface area contributed by atoms with Crippen molar-refractivity contribution in [2.24, 2.45) is 11.8 Å².